The van der Waals surface area contributed by atoms with Crippen molar-refractivity contribution < 1.29 is 18.8 Å². The van der Waals surface area contributed by atoms with Crippen molar-refractivity contribution in [1.82, 2.24) is 0 Å². The lowest BCUT2D eigenvalue weighted by atomic mass is 9.93. The Kier molecular flexibility index (Phi) is 6.98. The van der Waals surface area contributed by atoms with Gasteiger partial charge >= 0.3 is 0 Å². The van der Waals surface area contributed by atoms with Crippen LogP contribution in [0.5, 0.6) is 5.75 Å². The van der Waals surface area contributed by atoms with Crippen molar-refractivity contribution in [2.45, 2.75) is 38.6 Å². The monoisotopic (exact) mass is 495 g/mol. The highest BCUT2D eigenvalue weighted by Crippen LogP contribution is 2.32. The van der Waals surface area contributed by atoms with Crippen LogP contribution in [0.15, 0.2) is 72.3 Å². The van der Waals surface area contributed by atoms with E-state index in [4.69, 9.17) is 4.74 Å². The summed E-state index contributed by atoms with van der Waals surface area (Å²) >= 11 is 0. The molecule has 0 saturated carbocycles. The molecule has 0 radical (unpaired) electrons. The van der Waals surface area contributed by atoms with Crippen molar-refractivity contribution in [3.63, 3.8) is 0 Å². The Morgan fingerprint density at radius 1 is 0.919 bits per heavy atom. The standard InChI is InChI=1S/C32H34N2O3/c1-22-7-9-23(10-8-22)25-13-16-30-27(20-25)21-26(17-19-37-30)32(36)33-28-14-11-24(12-15-28)31(35)29-6-4-5-18-34(29,2)3/h7-16,20-21,29H,4-6,17-19H2,1-3H3/p+1. The SMILES string of the molecule is Cc1ccc(-c2ccc3c(c2)C=C(C(=O)Nc2ccc(C(=O)C4CCCC[N+]4(C)C)cc2)CCO3)cc1. The highest BCUT2D eigenvalue weighted by atomic mass is 16.5. The molecule has 1 amide bonds. The second kappa shape index (κ2) is 10.3. The zero-order valence-electron chi connectivity index (χ0n) is 21.9. The second-order valence-corrected chi connectivity index (χ2v) is 10.8. The Morgan fingerprint density at radius 3 is 2.38 bits per heavy atom. The number of anilines is 1. The number of benzene rings is 3. The maximum Gasteiger partial charge on any atom is 0.251 e. The molecular formula is C32H35N2O3+. The van der Waals surface area contributed by atoms with Gasteiger partial charge in [-0.05, 0) is 73.4 Å². The van der Waals surface area contributed by atoms with Crippen LogP contribution in [0.25, 0.3) is 17.2 Å². The number of Topliss-reactive ketones (excluding diaryl/α,β-unsaturated/α-hetero) is 1. The summed E-state index contributed by atoms with van der Waals surface area (Å²) in [6, 6.07) is 21.8. The van der Waals surface area contributed by atoms with Crippen molar-refractivity contribution in [2.24, 2.45) is 0 Å². The van der Waals surface area contributed by atoms with Crippen molar-refractivity contribution >= 4 is 23.5 Å². The van der Waals surface area contributed by atoms with Crippen molar-refractivity contribution in [1.29, 1.82) is 0 Å². The Balaban J connectivity index is 1.31. The molecule has 1 fully saturated rings. The number of nitrogens with one attached hydrogen (secondary N) is 1. The predicted molar refractivity (Wildman–Crippen MR) is 149 cm³/mol. The fourth-order valence-corrected chi connectivity index (χ4v) is 5.36. The molecule has 1 atom stereocenters. The number of piperidine rings is 1. The molecule has 37 heavy (non-hydrogen) atoms. The lowest BCUT2D eigenvalue weighted by molar-refractivity contribution is -0.910. The highest BCUT2D eigenvalue weighted by Gasteiger charge is 2.37. The van der Waals surface area contributed by atoms with Crippen molar-refractivity contribution in [2.75, 3.05) is 32.6 Å². The lowest BCUT2D eigenvalue weighted by Gasteiger charge is -2.40. The van der Waals surface area contributed by atoms with E-state index < -0.39 is 0 Å². The van der Waals surface area contributed by atoms with Gasteiger partial charge in [-0.25, -0.2) is 0 Å². The molecule has 0 spiro atoms. The Hall–Kier alpha value is -3.70. The van der Waals surface area contributed by atoms with E-state index in [0.717, 1.165) is 46.3 Å². The quantitative estimate of drug-likeness (QED) is 0.335. The summed E-state index contributed by atoms with van der Waals surface area (Å²) < 4.78 is 6.67. The van der Waals surface area contributed by atoms with E-state index in [2.05, 4.69) is 62.7 Å². The van der Waals surface area contributed by atoms with Crippen molar-refractivity contribution in [3.05, 3.63) is 89.0 Å². The summed E-state index contributed by atoms with van der Waals surface area (Å²) in [5, 5.41) is 3.01. The summed E-state index contributed by atoms with van der Waals surface area (Å²) in [5.41, 5.74) is 6.38. The highest BCUT2D eigenvalue weighted by molar-refractivity contribution is 6.07. The van der Waals surface area contributed by atoms with Gasteiger partial charge in [-0.1, -0.05) is 35.9 Å². The largest absolute Gasteiger partial charge is 0.493 e. The molecule has 5 heteroatoms. The van der Waals surface area contributed by atoms with Gasteiger partial charge < -0.3 is 14.5 Å². The number of fused-ring (bicyclic) bond motifs is 1. The summed E-state index contributed by atoms with van der Waals surface area (Å²) in [6.07, 6.45) is 5.64. The van der Waals surface area contributed by atoms with Crippen LogP contribution in [-0.2, 0) is 4.79 Å². The third-order valence-corrected chi connectivity index (χ3v) is 7.68. The molecule has 0 aliphatic carbocycles. The number of likely N-dealkylation sites (N-methyl/N-ethyl adjacent to an activating group) is 1. The molecule has 5 rings (SSSR count). The smallest absolute Gasteiger partial charge is 0.251 e. The number of rotatable bonds is 5. The molecule has 5 nitrogen and oxygen atoms in total. The fraction of sp³-hybridized carbons (Fsp3) is 0.312. The summed E-state index contributed by atoms with van der Waals surface area (Å²) in [6.45, 7) is 3.54. The van der Waals surface area contributed by atoms with Crippen LogP contribution in [0.3, 0.4) is 0 Å². The fourth-order valence-electron chi connectivity index (χ4n) is 5.36. The molecule has 0 bridgehead atoms. The lowest BCUT2D eigenvalue weighted by Crippen LogP contribution is -2.55. The number of carbonyl (C=O) groups excluding carboxylic acids is 2. The zero-order valence-corrected chi connectivity index (χ0v) is 21.9. The maximum atomic E-state index is 13.2. The van der Waals surface area contributed by atoms with Crippen molar-refractivity contribution in [3.8, 4) is 16.9 Å². The number of nitrogens with zero attached hydrogens (tertiary/aromatic N) is 1. The summed E-state index contributed by atoms with van der Waals surface area (Å²) in [4.78, 5) is 26.3. The van der Waals surface area contributed by atoms with Crippen LogP contribution >= 0.6 is 0 Å². The van der Waals surface area contributed by atoms with Gasteiger partial charge in [0.05, 0.1) is 27.2 Å². The average Bonchev–Trinajstić information content (AvgIpc) is 3.11. The molecule has 1 unspecified atom stereocenters. The molecule has 1 saturated heterocycles. The molecule has 3 aromatic rings. The van der Waals surface area contributed by atoms with Crippen LogP contribution in [0.1, 0.15) is 47.2 Å². The average molecular weight is 496 g/mol. The number of hydrogen-bond acceptors (Lipinski definition) is 3. The van der Waals surface area contributed by atoms with Gasteiger partial charge in [-0.2, -0.15) is 0 Å². The third kappa shape index (κ3) is 5.52. The van der Waals surface area contributed by atoms with Crippen LogP contribution < -0.4 is 10.1 Å². The first kappa shape index (κ1) is 25.0. The molecular weight excluding hydrogens is 460 g/mol. The van der Waals surface area contributed by atoms with E-state index in [0.29, 0.717) is 29.9 Å². The first-order valence-corrected chi connectivity index (χ1v) is 13.1. The molecule has 3 aromatic carbocycles. The maximum absolute atomic E-state index is 13.2. The predicted octanol–water partition coefficient (Wildman–Crippen LogP) is 6.28. The van der Waals surface area contributed by atoms with Gasteiger partial charge in [-0.3, -0.25) is 9.59 Å². The van der Waals surface area contributed by atoms with E-state index in [1.54, 1.807) is 0 Å². The topological polar surface area (TPSA) is 55.4 Å². The van der Waals surface area contributed by atoms with Crippen LogP contribution in [0, 0.1) is 6.92 Å². The number of amides is 1. The molecule has 2 heterocycles. The third-order valence-electron chi connectivity index (χ3n) is 7.68. The van der Waals surface area contributed by atoms with Crippen LogP contribution in [0.2, 0.25) is 0 Å². The number of quaternary nitrogens is 1. The van der Waals surface area contributed by atoms with Gasteiger partial charge in [0.2, 0.25) is 5.78 Å². The summed E-state index contributed by atoms with van der Waals surface area (Å²) in [5.74, 6) is 0.819. The molecule has 2 aliphatic heterocycles. The number of ether oxygens (including phenoxy) is 1. The molecule has 0 aromatic heterocycles. The minimum atomic E-state index is -0.152. The number of carbonyl (C=O) groups is 2. The zero-order chi connectivity index (χ0) is 26.0. The van der Waals surface area contributed by atoms with Gasteiger partial charge in [-0.15, -0.1) is 0 Å². The van der Waals surface area contributed by atoms with E-state index >= 15 is 0 Å². The Labute approximate surface area is 219 Å². The van der Waals surface area contributed by atoms with Gasteiger partial charge in [0.15, 0.2) is 6.04 Å². The number of ketones is 1. The Morgan fingerprint density at radius 2 is 1.65 bits per heavy atom. The van der Waals surface area contributed by atoms with E-state index in [9.17, 15) is 9.59 Å². The number of hydrogen-bond donors (Lipinski definition) is 1. The minimum absolute atomic E-state index is 0.00444. The first-order valence-electron chi connectivity index (χ1n) is 13.1. The number of likely N-dealkylation sites (tertiary alicyclic amines) is 1. The van der Waals surface area contributed by atoms with Gasteiger partial charge in [0, 0.05) is 35.2 Å². The first-order chi connectivity index (χ1) is 17.8. The number of aryl methyl sites for hydroxylation is 1. The molecule has 190 valence electrons. The van der Waals surface area contributed by atoms with E-state index in [-0.39, 0.29) is 17.7 Å². The van der Waals surface area contributed by atoms with Gasteiger partial charge in [0.1, 0.15) is 5.75 Å². The van der Waals surface area contributed by atoms with Gasteiger partial charge in [0.25, 0.3) is 5.91 Å². The van der Waals surface area contributed by atoms with E-state index in [1.165, 1.54) is 12.0 Å². The normalized spacial score (nSPS) is 18.6. The summed E-state index contributed by atoms with van der Waals surface area (Å²) in [7, 11) is 4.28. The molecule has 1 N–H and O–H groups in total. The Bertz CT molecular complexity index is 1340. The minimum Gasteiger partial charge on any atom is -0.493 e. The molecule has 2 aliphatic rings. The van der Waals surface area contributed by atoms with Crippen LogP contribution in [-0.4, -0.2) is 49.5 Å². The van der Waals surface area contributed by atoms with Crippen LogP contribution in [0.4, 0.5) is 5.69 Å². The van der Waals surface area contributed by atoms with E-state index in [1.807, 2.05) is 36.4 Å². The second-order valence-electron chi connectivity index (χ2n) is 10.8.